The van der Waals surface area contributed by atoms with Gasteiger partial charge in [-0.3, -0.25) is 9.59 Å². The largest absolute Gasteiger partial charge is 0.335 e. The summed E-state index contributed by atoms with van der Waals surface area (Å²) in [5.74, 6) is 0.00408. The molecule has 1 aromatic heterocycles. The normalized spacial score (nSPS) is 10.8. The van der Waals surface area contributed by atoms with Crippen molar-refractivity contribution in [3.8, 4) is 0 Å². The Morgan fingerprint density at radius 3 is 2.60 bits per heavy atom. The Labute approximate surface area is 144 Å². The summed E-state index contributed by atoms with van der Waals surface area (Å²) in [5, 5.41) is 0.520. The fourth-order valence-corrected chi connectivity index (χ4v) is 2.66. The number of carbonyl (C=O) groups is 1. The van der Waals surface area contributed by atoms with E-state index in [1.165, 1.54) is 12.1 Å². The number of hydrogen-bond donors (Lipinski definition) is 1. The van der Waals surface area contributed by atoms with Gasteiger partial charge in [-0.2, -0.15) is 0 Å². The van der Waals surface area contributed by atoms with E-state index in [1.54, 1.807) is 35.2 Å². The maximum atomic E-state index is 13.0. The zero-order valence-electron chi connectivity index (χ0n) is 13.8. The van der Waals surface area contributed by atoms with Crippen LogP contribution in [0.4, 0.5) is 4.39 Å². The molecule has 0 bridgehead atoms. The summed E-state index contributed by atoms with van der Waals surface area (Å²) in [5.41, 5.74) is 1.12. The monoisotopic (exact) mass is 339 g/mol. The van der Waals surface area contributed by atoms with Gasteiger partial charge in [0.1, 0.15) is 11.6 Å². The second-order valence-electron chi connectivity index (χ2n) is 5.74. The topological polar surface area (TPSA) is 66.1 Å². The number of H-pyrrole nitrogens is 1. The predicted octanol–water partition coefficient (Wildman–Crippen LogP) is 2.65. The number of rotatable bonds is 5. The molecule has 0 aliphatic rings. The molecule has 0 aliphatic heterocycles. The number of nitrogens with zero attached hydrogens (tertiary/aromatic N) is 2. The smallest absolute Gasteiger partial charge is 0.258 e. The van der Waals surface area contributed by atoms with Gasteiger partial charge in [-0.25, -0.2) is 9.37 Å². The summed E-state index contributed by atoms with van der Waals surface area (Å²) in [6.45, 7) is 2.56. The van der Waals surface area contributed by atoms with Crippen molar-refractivity contribution in [1.29, 1.82) is 0 Å². The van der Waals surface area contributed by atoms with Gasteiger partial charge in [0.15, 0.2) is 0 Å². The molecule has 0 aliphatic carbocycles. The lowest BCUT2D eigenvalue weighted by molar-refractivity contribution is -0.131. The van der Waals surface area contributed by atoms with Gasteiger partial charge in [0.25, 0.3) is 5.56 Å². The van der Waals surface area contributed by atoms with Crippen LogP contribution in [0.5, 0.6) is 0 Å². The van der Waals surface area contributed by atoms with Crippen molar-refractivity contribution in [2.75, 3.05) is 6.54 Å². The maximum Gasteiger partial charge on any atom is 0.258 e. The van der Waals surface area contributed by atoms with Crippen LogP contribution >= 0.6 is 0 Å². The van der Waals surface area contributed by atoms with E-state index in [2.05, 4.69) is 9.97 Å². The summed E-state index contributed by atoms with van der Waals surface area (Å²) >= 11 is 0. The van der Waals surface area contributed by atoms with Gasteiger partial charge < -0.3 is 9.88 Å². The lowest BCUT2D eigenvalue weighted by atomic mass is 10.1. The Bertz CT molecular complexity index is 951. The van der Waals surface area contributed by atoms with Crippen LogP contribution in [0.1, 0.15) is 18.3 Å². The molecule has 1 heterocycles. The third kappa shape index (κ3) is 3.91. The Morgan fingerprint density at radius 1 is 1.16 bits per heavy atom. The third-order valence-electron chi connectivity index (χ3n) is 4.01. The number of carbonyl (C=O) groups excluding carboxylic acids is 1. The fourth-order valence-electron chi connectivity index (χ4n) is 2.66. The molecular weight excluding hydrogens is 321 g/mol. The number of hydrogen-bond acceptors (Lipinski definition) is 3. The number of aromatic amines is 1. The van der Waals surface area contributed by atoms with Gasteiger partial charge in [-0.15, -0.1) is 0 Å². The zero-order chi connectivity index (χ0) is 17.8. The van der Waals surface area contributed by atoms with Crippen molar-refractivity contribution in [1.82, 2.24) is 14.9 Å². The van der Waals surface area contributed by atoms with E-state index >= 15 is 0 Å². The van der Waals surface area contributed by atoms with Crippen molar-refractivity contribution in [2.24, 2.45) is 0 Å². The minimum Gasteiger partial charge on any atom is -0.335 e. The van der Waals surface area contributed by atoms with Crippen LogP contribution in [-0.4, -0.2) is 27.3 Å². The number of likely N-dealkylation sites (N-methyl/N-ethyl adjacent to an activating group) is 1. The highest BCUT2D eigenvalue weighted by atomic mass is 19.1. The molecule has 0 saturated heterocycles. The number of amides is 1. The van der Waals surface area contributed by atoms with Gasteiger partial charge in [-0.1, -0.05) is 24.3 Å². The van der Waals surface area contributed by atoms with Gasteiger partial charge >= 0.3 is 0 Å². The highest BCUT2D eigenvalue weighted by molar-refractivity contribution is 5.79. The molecule has 0 atom stereocenters. The highest BCUT2D eigenvalue weighted by Gasteiger charge is 2.15. The number of fused-ring (bicyclic) bond motifs is 1. The average molecular weight is 339 g/mol. The Morgan fingerprint density at radius 2 is 1.88 bits per heavy atom. The summed E-state index contributed by atoms with van der Waals surface area (Å²) in [6, 6.07) is 12.9. The zero-order valence-corrected chi connectivity index (χ0v) is 13.8. The number of benzene rings is 2. The molecule has 0 unspecified atom stereocenters. The van der Waals surface area contributed by atoms with Crippen LogP contribution in [0.25, 0.3) is 10.9 Å². The first-order chi connectivity index (χ1) is 12.1. The van der Waals surface area contributed by atoms with Gasteiger partial charge in [0, 0.05) is 6.54 Å². The van der Waals surface area contributed by atoms with Crippen molar-refractivity contribution >= 4 is 16.8 Å². The first-order valence-corrected chi connectivity index (χ1v) is 8.07. The lowest BCUT2D eigenvalue weighted by Gasteiger charge is -2.20. The van der Waals surface area contributed by atoms with Crippen LogP contribution in [0.3, 0.4) is 0 Å². The van der Waals surface area contributed by atoms with Gasteiger partial charge in [0.2, 0.25) is 5.91 Å². The van der Waals surface area contributed by atoms with E-state index in [-0.39, 0.29) is 30.2 Å². The minimum absolute atomic E-state index is 0.107. The van der Waals surface area contributed by atoms with Crippen LogP contribution in [0.15, 0.2) is 53.3 Å². The summed E-state index contributed by atoms with van der Waals surface area (Å²) < 4.78 is 13.0. The molecule has 3 aromatic rings. The summed E-state index contributed by atoms with van der Waals surface area (Å²) in [4.78, 5) is 33.4. The molecular formula is C19H18FN3O2. The molecule has 5 nitrogen and oxygen atoms in total. The fraction of sp³-hybridized carbons (Fsp3) is 0.211. The van der Waals surface area contributed by atoms with E-state index in [9.17, 15) is 14.0 Å². The standard InChI is InChI=1S/C19H18FN3O2/c1-2-23(18(24)11-13-7-9-14(20)10-8-13)12-17-21-16-6-4-3-5-15(16)19(25)22-17/h3-10H,2,11-12H2,1H3,(H,21,22,25). The van der Waals surface area contributed by atoms with E-state index < -0.39 is 0 Å². The quantitative estimate of drug-likeness (QED) is 0.777. The Balaban J connectivity index is 1.78. The molecule has 0 spiro atoms. The second-order valence-corrected chi connectivity index (χ2v) is 5.74. The van der Waals surface area contributed by atoms with Crippen molar-refractivity contribution in [3.05, 3.63) is 76.1 Å². The number of para-hydroxylation sites is 1. The van der Waals surface area contributed by atoms with E-state index in [0.29, 0.717) is 23.3 Å². The lowest BCUT2D eigenvalue weighted by Crippen LogP contribution is -2.33. The minimum atomic E-state index is -0.332. The Hall–Kier alpha value is -3.02. The average Bonchev–Trinajstić information content (AvgIpc) is 2.61. The van der Waals surface area contributed by atoms with E-state index in [4.69, 9.17) is 0 Å². The van der Waals surface area contributed by atoms with Crippen LogP contribution in [0.2, 0.25) is 0 Å². The van der Waals surface area contributed by atoms with Crippen molar-refractivity contribution in [2.45, 2.75) is 19.9 Å². The summed E-state index contributed by atoms with van der Waals surface area (Å²) in [7, 11) is 0. The molecule has 25 heavy (non-hydrogen) atoms. The number of aromatic nitrogens is 2. The van der Waals surface area contributed by atoms with Gasteiger partial charge in [-0.05, 0) is 36.8 Å². The molecule has 2 aromatic carbocycles. The first kappa shape index (κ1) is 16.8. The van der Waals surface area contributed by atoms with Crippen LogP contribution in [0, 0.1) is 5.82 Å². The SMILES string of the molecule is CCN(Cc1nc2ccccc2c(=O)[nH]1)C(=O)Cc1ccc(F)cc1. The number of nitrogens with one attached hydrogen (secondary N) is 1. The first-order valence-electron chi connectivity index (χ1n) is 8.07. The molecule has 0 radical (unpaired) electrons. The van der Waals surface area contributed by atoms with E-state index in [0.717, 1.165) is 5.56 Å². The highest BCUT2D eigenvalue weighted by Crippen LogP contribution is 2.09. The van der Waals surface area contributed by atoms with E-state index in [1.807, 2.05) is 13.0 Å². The second kappa shape index (κ2) is 7.25. The molecule has 128 valence electrons. The van der Waals surface area contributed by atoms with Gasteiger partial charge in [0.05, 0.1) is 23.9 Å². The molecule has 6 heteroatoms. The number of halogens is 1. The molecule has 1 amide bonds. The van der Waals surface area contributed by atoms with Crippen molar-refractivity contribution < 1.29 is 9.18 Å². The van der Waals surface area contributed by atoms with Crippen LogP contribution in [-0.2, 0) is 17.8 Å². The molecule has 0 fully saturated rings. The molecule has 0 saturated carbocycles. The molecule has 3 rings (SSSR count). The van der Waals surface area contributed by atoms with Crippen molar-refractivity contribution in [3.63, 3.8) is 0 Å². The molecule has 1 N–H and O–H groups in total. The third-order valence-corrected chi connectivity index (χ3v) is 4.01. The predicted molar refractivity (Wildman–Crippen MR) is 93.6 cm³/mol. The summed E-state index contributed by atoms with van der Waals surface area (Å²) in [6.07, 6.45) is 0.173. The van der Waals surface area contributed by atoms with Crippen LogP contribution < -0.4 is 5.56 Å². The maximum absolute atomic E-state index is 13.0. The Kier molecular flexibility index (Phi) is 4.88.